The van der Waals surface area contributed by atoms with Crippen molar-refractivity contribution in [1.29, 1.82) is 0 Å². The summed E-state index contributed by atoms with van der Waals surface area (Å²) >= 11 is 8.05. The van der Waals surface area contributed by atoms with Crippen LogP contribution in [0, 0.1) is 0 Å². The number of para-hydroxylation sites is 1. The summed E-state index contributed by atoms with van der Waals surface area (Å²) in [6.07, 6.45) is 0. The number of furan rings is 1. The molecule has 3 heterocycles. The summed E-state index contributed by atoms with van der Waals surface area (Å²) in [6, 6.07) is 19.0. The van der Waals surface area contributed by atoms with Gasteiger partial charge in [0.1, 0.15) is 5.58 Å². The van der Waals surface area contributed by atoms with Gasteiger partial charge in [0.05, 0.1) is 29.8 Å². The van der Waals surface area contributed by atoms with Gasteiger partial charge in [-0.25, -0.2) is 0 Å². The maximum Gasteiger partial charge on any atom is 0.265 e. The zero-order valence-corrected chi connectivity index (χ0v) is 18.3. The van der Waals surface area contributed by atoms with Crippen LogP contribution in [0.4, 0.5) is 5.69 Å². The fraction of sp³-hybridized carbons (Fsp3) is 0.208. The lowest BCUT2D eigenvalue weighted by molar-refractivity contribution is 0.0206. The minimum atomic E-state index is -0.247. The van der Waals surface area contributed by atoms with Crippen LogP contribution in [0.5, 0.6) is 0 Å². The summed E-state index contributed by atoms with van der Waals surface area (Å²) in [5.74, 6) is 0.531. The molecule has 0 saturated carbocycles. The molecule has 2 aromatic heterocycles. The van der Waals surface area contributed by atoms with Crippen molar-refractivity contribution in [3.05, 3.63) is 87.3 Å². The third-order valence-corrected chi connectivity index (χ3v) is 6.68. The van der Waals surface area contributed by atoms with Gasteiger partial charge in [0.25, 0.3) is 5.91 Å². The Labute approximate surface area is 189 Å². The number of ether oxygens (including phenoxy) is 1. The summed E-state index contributed by atoms with van der Waals surface area (Å²) in [4.78, 5) is 15.9. The molecule has 1 aliphatic heterocycles. The van der Waals surface area contributed by atoms with Crippen LogP contribution < -0.4 is 5.32 Å². The van der Waals surface area contributed by atoms with Crippen LogP contribution in [-0.2, 0) is 4.74 Å². The van der Waals surface area contributed by atoms with Crippen LogP contribution in [0.25, 0.3) is 11.0 Å². The molecule has 1 fully saturated rings. The third-order valence-electron chi connectivity index (χ3n) is 5.47. The summed E-state index contributed by atoms with van der Waals surface area (Å²) in [5, 5.41) is 6.54. The molecular formula is C24H21ClN2O3S. The Bertz CT molecular complexity index is 1200. The zero-order valence-electron chi connectivity index (χ0n) is 16.7. The number of hydrogen-bond donors (Lipinski definition) is 1. The normalized spacial score (nSPS) is 15.8. The smallest absolute Gasteiger partial charge is 0.265 e. The molecule has 0 spiro atoms. The summed E-state index contributed by atoms with van der Waals surface area (Å²) in [7, 11) is 0. The van der Waals surface area contributed by atoms with Gasteiger partial charge in [0, 0.05) is 23.5 Å². The first-order valence-electron chi connectivity index (χ1n) is 10.1. The summed E-state index contributed by atoms with van der Waals surface area (Å²) in [6.45, 7) is 2.76. The number of morpholine rings is 1. The maximum atomic E-state index is 13.0. The topological polar surface area (TPSA) is 54.7 Å². The second kappa shape index (κ2) is 8.85. The number of carbonyl (C=O) groups is 1. The van der Waals surface area contributed by atoms with Gasteiger partial charge in [-0.1, -0.05) is 48.0 Å². The van der Waals surface area contributed by atoms with Gasteiger partial charge >= 0.3 is 0 Å². The molecule has 1 aliphatic rings. The number of carbonyl (C=O) groups excluding carboxylic acids is 1. The van der Waals surface area contributed by atoms with E-state index in [1.165, 1.54) is 11.3 Å². The molecule has 4 aromatic rings. The molecule has 0 radical (unpaired) electrons. The van der Waals surface area contributed by atoms with Gasteiger partial charge < -0.3 is 14.5 Å². The molecule has 5 nitrogen and oxygen atoms in total. The van der Waals surface area contributed by atoms with Crippen molar-refractivity contribution in [2.75, 3.05) is 31.6 Å². The molecule has 0 bridgehead atoms. The maximum absolute atomic E-state index is 13.0. The van der Waals surface area contributed by atoms with Crippen molar-refractivity contribution in [2.24, 2.45) is 0 Å². The molecule has 1 amide bonds. The number of rotatable bonds is 5. The van der Waals surface area contributed by atoms with Crippen LogP contribution in [0.15, 0.2) is 70.5 Å². The van der Waals surface area contributed by atoms with Gasteiger partial charge in [0.2, 0.25) is 0 Å². The highest BCUT2D eigenvalue weighted by Crippen LogP contribution is 2.42. The molecule has 0 aliphatic carbocycles. The van der Waals surface area contributed by atoms with Crippen LogP contribution in [0.2, 0.25) is 5.02 Å². The minimum absolute atomic E-state index is 0.150. The molecule has 2 aromatic carbocycles. The van der Waals surface area contributed by atoms with E-state index in [2.05, 4.69) is 10.2 Å². The fourth-order valence-electron chi connectivity index (χ4n) is 4.01. The quantitative estimate of drug-likeness (QED) is 0.414. The Morgan fingerprint density at radius 3 is 2.58 bits per heavy atom. The van der Waals surface area contributed by atoms with E-state index in [-0.39, 0.29) is 11.9 Å². The SMILES string of the molecule is O=C(Nc1c([C@H](c2ccccc2Cl)N2CCOCC2)oc2ccccc12)c1cccs1. The predicted molar refractivity (Wildman–Crippen MR) is 124 cm³/mol. The number of anilines is 1. The van der Waals surface area contributed by atoms with Crippen molar-refractivity contribution in [3.63, 3.8) is 0 Å². The molecule has 7 heteroatoms. The number of halogens is 1. The second-order valence-electron chi connectivity index (χ2n) is 7.34. The molecule has 1 saturated heterocycles. The first kappa shape index (κ1) is 20.3. The lowest BCUT2D eigenvalue weighted by atomic mass is 10.00. The Morgan fingerprint density at radius 2 is 1.81 bits per heavy atom. The van der Waals surface area contributed by atoms with Crippen molar-refractivity contribution in [3.8, 4) is 0 Å². The van der Waals surface area contributed by atoms with Gasteiger partial charge in [0.15, 0.2) is 5.76 Å². The molecule has 1 N–H and O–H groups in total. The summed E-state index contributed by atoms with van der Waals surface area (Å²) < 4.78 is 12.0. The van der Waals surface area contributed by atoms with Crippen LogP contribution in [0.1, 0.15) is 27.0 Å². The molecule has 158 valence electrons. The number of amides is 1. The van der Waals surface area contributed by atoms with E-state index >= 15 is 0 Å². The number of thiophene rings is 1. The van der Waals surface area contributed by atoms with E-state index in [0.29, 0.717) is 34.6 Å². The number of benzene rings is 2. The van der Waals surface area contributed by atoms with E-state index in [9.17, 15) is 4.79 Å². The minimum Gasteiger partial charge on any atom is -0.457 e. The first-order chi connectivity index (χ1) is 15.2. The first-order valence-corrected chi connectivity index (χ1v) is 11.4. The van der Waals surface area contributed by atoms with E-state index in [0.717, 1.165) is 29.6 Å². The lowest BCUT2D eigenvalue weighted by Crippen LogP contribution is -2.39. The fourth-order valence-corrected chi connectivity index (χ4v) is 4.86. The molecular weight excluding hydrogens is 432 g/mol. The standard InChI is InChI=1S/C24H21ClN2O3S/c25-18-8-3-1-6-16(18)22(27-11-13-29-14-12-27)23-21(17-7-2-4-9-19(17)30-23)26-24(28)20-10-5-15-31-20/h1-10,15,22H,11-14H2,(H,26,28)/t22-/m0/s1. The lowest BCUT2D eigenvalue weighted by Gasteiger charge is -2.34. The van der Waals surface area contributed by atoms with Crippen molar-refractivity contribution >= 4 is 45.5 Å². The average molecular weight is 453 g/mol. The van der Waals surface area contributed by atoms with Crippen LogP contribution in [0.3, 0.4) is 0 Å². The average Bonchev–Trinajstić information content (AvgIpc) is 3.45. The van der Waals surface area contributed by atoms with Gasteiger partial charge in [-0.05, 0) is 35.2 Å². The highest BCUT2D eigenvalue weighted by molar-refractivity contribution is 7.12. The van der Waals surface area contributed by atoms with Gasteiger partial charge in [-0.2, -0.15) is 0 Å². The number of nitrogens with zero attached hydrogens (tertiary/aromatic N) is 1. The van der Waals surface area contributed by atoms with Gasteiger partial charge in [-0.15, -0.1) is 11.3 Å². The number of fused-ring (bicyclic) bond motifs is 1. The Kier molecular flexibility index (Phi) is 5.78. The van der Waals surface area contributed by atoms with E-state index in [1.54, 1.807) is 0 Å². The number of hydrogen-bond acceptors (Lipinski definition) is 5. The Balaban J connectivity index is 1.66. The van der Waals surface area contributed by atoms with Crippen LogP contribution >= 0.6 is 22.9 Å². The van der Waals surface area contributed by atoms with Gasteiger partial charge in [-0.3, -0.25) is 9.69 Å². The monoisotopic (exact) mass is 452 g/mol. The van der Waals surface area contributed by atoms with Crippen molar-refractivity contribution in [2.45, 2.75) is 6.04 Å². The third kappa shape index (κ3) is 4.00. The molecule has 31 heavy (non-hydrogen) atoms. The van der Waals surface area contributed by atoms with E-state index in [1.807, 2.05) is 66.0 Å². The van der Waals surface area contributed by atoms with Crippen molar-refractivity contribution < 1.29 is 13.9 Å². The molecule has 5 rings (SSSR count). The largest absolute Gasteiger partial charge is 0.457 e. The van der Waals surface area contributed by atoms with E-state index < -0.39 is 0 Å². The molecule has 0 unspecified atom stereocenters. The highest BCUT2D eigenvalue weighted by atomic mass is 35.5. The summed E-state index contributed by atoms with van der Waals surface area (Å²) in [5.41, 5.74) is 2.35. The molecule has 1 atom stereocenters. The van der Waals surface area contributed by atoms with E-state index in [4.69, 9.17) is 20.8 Å². The predicted octanol–water partition coefficient (Wildman–Crippen LogP) is 5.82. The number of nitrogens with one attached hydrogen (secondary N) is 1. The Morgan fingerprint density at radius 1 is 1.03 bits per heavy atom. The highest BCUT2D eigenvalue weighted by Gasteiger charge is 2.32. The Hall–Kier alpha value is -2.64. The van der Waals surface area contributed by atoms with Crippen molar-refractivity contribution in [1.82, 2.24) is 4.90 Å². The second-order valence-corrected chi connectivity index (χ2v) is 8.70. The zero-order chi connectivity index (χ0) is 21.2. The van der Waals surface area contributed by atoms with Crippen LogP contribution in [-0.4, -0.2) is 37.1 Å².